The highest BCUT2D eigenvalue weighted by Gasteiger charge is 2.41. The summed E-state index contributed by atoms with van der Waals surface area (Å²) >= 11 is 0. The first-order chi connectivity index (χ1) is 14.5. The van der Waals surface area contributed by atoms with Gasteiger partial charge in [0.1, 0.15) is 0 Å². The van der Waals surface area contributed by atoms with Crippen LogP contribution in [0.2, 0.25) is 0 Å². The van der Waals surface area contributed by atoms with Crippen molar-refractivity contribution in [2.75, 3.05) is 4.90 Å². The summed E-state index contributed by atoms with van der Waals surface area (Å²) in [5.41, 5.74) is 5.19. The Morgan fingerprint density at radius 1 is 1.19 bits per heavy atom. The third-order valence-corrected chi connectivity index (χ3v) is 5.71. The highest BCUT2D eigenvalue weighted by molar-refractivity contribution is 5.80. The Bertz CT molecular complexity index is 1210. The van der Waals surface area contributed by atoms with Crippen LogP contribution in [-0.2, 0) is 0 Å². The molecule has 1 aliphatic rings. The monoisotopic (exact) mass is 424 g/mol. The minimum atomic E-state index is -4.35. The predicted octanol–water partition coefficient (Wildman–Crippen LogP) is 5.95. The van der Waals surface area contributed by atoms with Crippen molar-refractivity contribution in [3.05, 3.63) is 100 Å². The summed E-state index contributed by atoms with van der Waals surface area (Å²) < 4.78 is 40.8. The van der Waals surface area contributed by atoms with Gasteiger partial charge in [0.2, 0.25) is 0 Å². The number of nitrogens with one attached hydrogen (secondary N) is 1. The lowest BCUT2D eigenvalue weighted by atomic mass is 9.94. The lowest BCUT2D eigenvalue weighted by molar-refractivity contribution is -0.159. The van der Waals surface area contributed by atoms with Crippen LogP contribution in [0.1, 0.15) is 33.3 Å². The molecule has 3 rings (SSSR count). The fourth-order valence-corrected chi connectivity index (χ4v) is 3.63. The molecule has 1 atom stereocenters. The molecule has 0 aliphatic carbocycles. The molecule has 2 aromatic rings. The van der Waals surface area contributed by atoms with Crippen LogP contribution in [0, 0.1) is 5.92 Å². The van der Waals surface area contributed by atoms with E-state index < -0.39 is 12.1 Å². The average Bonchev–Trinajstić information content (AvgIpc) is 3.14. The van der Waals surface area contributed by atoms with Crippen LogP contribution in [0.25, 0.3) is 12.2 Å². The van der Waals surface area contributed by atoms with Gasteiger partial charge in [-0.2, -0.15) is 13.2 Å². The van der Waals surface area contributed by atoms with E-state index >= 15 is 0 Å². The molecule has 1 N–H and O–H groups in total. The van der Waals surface area contributed by atoms with Crippen LogP contribution >= 0.6 is 0 Å². The van der Waals surface area contributed by atoms with E-state index in [1.165, 1.54) is 13.0 Å². The number of hydrogen-bond acceptors (Lipinski definition) is 1. The molecule has 1 aromatic heterocycles. The minimum absolute atomic E-state index is 0.157. The molecule has 5 heteroatoms. The van der Waals surface area contributed by atoms with Gasteiger partial charge >= 0.3 is 6.18 Å². The number of nitrogens with zero attached hydrogens (tertiary/aromatic N) is 1. The second kappa shape index (κ2) is 8.50. The van der Waals surface area contributed by atoms with Crippen LogP contribution in [0.5, 0.6) is 0 Å². The first-order valence-electron chi connectivity index (χ1n) is 10.1. The first-order valence-corrected chi connectivity index (χ1v) is 10.1. The standard InChI is InChI=1S/C26H27F3N2/c1-7-16(2)25(23-11-12-30-20(23)6)21-9-8-10-22(14-21)31-15-18(4)17(3)13-24(31)19(5)26(27,28)29/h7-15,19,30H,3,6H2,1-2,4-5H3/b16-7-,25-23+. The molecule has 0 bridgehead atoms. The Hall–Kier alpha value is -3.21. The van der Waals surface area contributed by atoms with Crippen molar-refractivity contribution in [3.8, 4) is 0 Å². The molecule has 1 unspecified atom stereocenters. The number of anilines is 1. The van der Waals surface area contributed by atoms with Crippen molar-refractivity contribution >= 4 is 17.8 Å². The number of rotatable bonds is 4. The van der Waals surface area contributed by atoms with Crippen molar-refractivity contribution in [1.29, 1.82) is 0 Å². The van der Waals surface area contributed by atoms with Crippen LogP contribution in [-0.4, -0.2) is 11.2 Å². The zero-order valence-corrected chi connectivity index (χ0v) is 18.3. The molecule has 0 saturated carbocycles. The maximum Gasteiger partial charge on any atom is 0.396 e. The second-order valence-electron chi connectivity index (χ2n) is 7.81. The Balaban J connectivity index is 2.20. The van der Waals surface area contributed by atoms with E-state index in [0.29, 0.717) is 11.3 Å². The number of halogens is 3. The van der Waals surface area contributed by atoms with E-state index in [1.54, 1.807) is 11.1 Å². The fourth-order valence-electron chi connectivity index (χ4n) is 3.63. The molecule has 0 saturated heterocycles. The highest BCUT2D eigenvalue weighted by atomic mass is 19.4. The van der Waals surface area contributed by atoms with Gasteiger partial charge in [-0.25, -0.2) is 0 Å². The predicted molar refractivity (Wildman–Crippen MR) is 123 cm³/mol. The maximum atomic E-state index is 13.6. The summed E-state index contributed by atoms with van der Waals surface area (Å²) in [4.78, 5) is 4.72. The van der Waals surface area contributed by atoms with Gasteiger partial charge in [0.25, 0.3) is 0 Å². The number of H-pyrrole nitrogens is 1. The smallest absolute Gasteiger partial charge is 0.362 e. The van der Waals surface area contributed by atoms with Gasteiger partial charge in [-0.15, -0.1) is 0 Å². The van der Waals surface area contributed by atoms with Gasteiger partial charge in [-0.1, -0.05) is 31.4 Å². The molecule has 162 valence electrons. The molecule has 0 fully saturated rings. The van der Waals surface area contributed by atoms with E-state index in [0.717, 1.165) is 32.9 Å². The summed E-state index contributed by atoms with van der Waals surface area (Å²) in [6, 6.07) is 9.54. The third kappa shape index (κ3) is 4.46. The van der Waals surface area contributed by atoms with Crippen LogP contribution < -0.4 is 15.5 Å². The van der Waals surface area contributed by atoms with Gasteiger partial charge in [-0.05, 0) is 79.8 Å². The average molecular weight is 425 g/mol. The summed E-state index contributed by atoms with van der Waals surface area (Å²) in [6.07, 6.45) is 2.75. The third-order valence-electron chi connectivity index (χ3n) is 5.71. The van der Waals surface area contributed by atoms with Crippen molar-refractivity contribution < 1.29 is 13.2 Å². The maximum absolute atomic E-state index is 13.6. The van der Waals surface area contributed by atoms with Gasteiger partial charge in [0, 0.05) is 34.3 Å². The number of benzene rings is 1. The van der Waals surface area contributed by atoms with E-state index in [9.17, 15) is 13.2 Å². The van der Waals surface area contributed by atoms with Gasteiger partial charge in [0.15, 0.2) is 0 Å². The fraction of sp³-hybridized carbons (Fsp3) is 0.231. The number of aromatic nitrogens is 1. The van der Waals surface area contributed by atoms with E-state index in [-0.39, 0.29) is 5.70 Å². The topological polar surface area (TPSA) is 19.0 Å². The van der Waals surface area contributed by atoms with Gasteiger partial charge in [-0.3, -0.25) is 0 Å². The van der Waals surface area contributed by atoms with Gasteiger partial charge in [0.05, 0.1) is 5.92 Å². The van der Waals surface area contributed by atoms with Crippen LogP contribution in [0.15, 0.2) is 83.9 Å². The molecule has 1 aromatic carbocycles. The molecule has 31 heavy (non-hydrogen) atoms. The lowest BCUT2D eigenvalue weighted by Crippen LogP contribution is -2.32. The Labute approximate surface area is 181 Å². The summed E-state index contributed by atoms with van der Waals surface area (Å²) in [6.45, 7) is 15.0. The van der Waals surface area contributed by atoms with Crippen LogP contribution in [0.4, 0.5) is 18.9 Å². The number of allylic oxidation sites excluding steroid dienone is 6. The van der Waals surface area contributed by atoms with Crippen molar-refractivity contribution in [1.82, 2.24) is 4.98 Å². The Morgan fingerprint density at radius 2 is 1.90 bits per heavy atom. The quantitative estimate of drug-likeness (QED) is 0.642. The van der Waals surface area contributed by atoms with Crippen molar-refractivity contribution in [2.45, 2.75) is 33.9 Å². The SMILES string of the molecule is C=C1C=C(C(C)C(F)(F)F)N(c2cccc(C(/C(C)=C\C)=c3\cc[nH]c3=C)c2)C=C1C. The zero-order valence-electron chi connectivity index (χ0n) is 18.3. The Kier molecular flexibility index (Phi) is 6.16. The van der Waals surface area contributed by atoms with E-state index in [1.807, 2.05) is 63.4 Å². The Morgan fingerprint density at radius 3 is 2.48 bits per heavy atom. The summed E-state index contributed by atoms with van der Waals surface area (Å²) in [5.74, 6) is -1.63. The molecule has 0 spiro atoms. The molecule has 2 nitrogen and oxygen atoms in total. The number of alkyl halides is 3. The minimum Gasteiger partial charge on any atom is -0.362 e. The van der Waals surface area contributed by atoms with Crippen molar-refractivity contribution in [2.24, 2.45) is 5.92 Å². The summed E-state index contributed by atoms with van der Waals surface area (Å²) in [7, 11) is 0. The largest absolute Gasteiger partial charge is 0.396 e. The molecule has 2 heterocycles. The molecular formula is C26H27F3N2. The zero-order chi connectivity index (χ0) is 22.9. The van der Waals surface area contributed by atoms with Crippen molar-refractivity contribution in [3.63, 3.8) is 0 Å². The molecule has 0 radical (unpaired) electrons. The van der Waals surface area contributed by atoms with Crippen LogP contribution in [0.3, 0.4) is 0 Å². The number of aromatic amines is 1. The summed E-state index contributed by atoms with van der Waals surface area (Å²) in [5, 5.41) is 1.75. The molecule has 1 aliphatic heterocycles. The number of hydrogen-bond donors (Lipinski definition) is 1. The molecular weight excluding hydrogens is 397 g/mol. The van der Waals surface area contributed by atoms with E-state index in [4.69, 9.17) is 0 Å². The molecule has 0 amide bonds. The highest BCUT2D eigenvalue weighted by Crippen LogP contribution is 2.39. The van der Waals surface area contributed by atoms with E-state index in [2.05, 4.69) is 18.1 Å². The normalized spacial score (nSPS) is 17.3. The second-order valence-corrected chi connectivity index (χ2v) is 7.81. The van der Waals surface area contributed by atoms with Gasteiger partial charge < -0.3 is 9.88 Å². The lowest BCUT2D eigenvalue weighted by Gasteiger charge is -2.33. The first kappa shape index (κ1) is 22.5.